The van der Waals surface area contributed by atoms with Crippen molar-refractivity contribution < 1.29 is 24.2 Å². The van der Waals surface area contributed by atoms with E-state index in [0.717, 1.165) is 0 Å². The summed E-state index contributed by atoms with van der Waals surface area (Å²) < 4.78 is 9.17. The van der Waals surface area contributed by atoms with Crippen LogP contribution in [0, 0.1) is 0 Å². The molecule has 98 valence electrons. The molecule has 3 N–H and O–H groups in total. The highest BCUT2D eigenvalue weighted by Crippen LogP contribution is 2.31. The molecule has 1 aromatic rings. The lowest BCUT2D eigenvalue weighted by molar-refractivity contribution is -0.137. The molecule has 1 atom stereocenters. The molecule has 0 aliphatic heterocycles. The summed E-state index contributed by atoms with van der Waals surface area (Å²) in [6.45, 7) is 0. The first-order chi connectivity index (χ1) is 8.62. The fraction of sp³-hybridized carbons (Fsp3) is 0.333. The monoisotopic (exact) mass is 254 g/mol. The van der Waals surface area contributed by atoms with Crippen LogP contribution in [0.5, 0.6) is 11.5 Å². The van der Waals surface area contributed by atoms with E-state index in [2.05, 4.69) is 10.1 Å². The van der Waals surface area contributed by atoms with Crippen LogP contribution in [0.3, 0.4) is 0 Å². The Morgan fingerprint density at radius 1 is 1.61 bits per heavy atom. The van der Waals surface area contributed by atoms with Gasteiger partial charge in [0.25, 0.3) is 5.75 Å². The summed E-state index contributed by atoms with van der Waals surface area (Å²) in [5, 5.41) is 11.3. The van der Waals surface area contributed by atoms with Crippen LogP contribution < -0.4 is 10.1 Å². The molecular weight excluding hydrogens is 238 g/mol. The van der Waals surface area contributed by atoms with E-state index in [9.17, 15) is 9.59 Å². The highest BCUT2D eigenvalue weighted by Gasteiger charge is 2.18. The molecule has 1 rings (SSSR count). The van der Waals surface area contributed by atoms with Crippen molar-refractivity contribution in [3.63, 3.8) is 0 Å². The van der Waals surface area contributed by atoms with Crippen LogP contribution in [0.1, 0.15) is 18.0 Å². The van der Waals surface area contributed by atoms with Crippen LogP contribution in [0.15, 0.2) is 18.2 Å². The number of aromatic hydroxyl groups is 1. The van der Waals surface area contributed by atoms with Crippen molar-refractivity contribution >= 4 is 12.4 Å². The van der Waals surface area contributed by atoms with Crippen molar-refractivity contribution in [2.75, 3.05) is 14.2 Å². The van der Waals surface area contributed by atoms with E-state index in [0.29, 0.717) is 23.5 Å². The van der Waals surface area contributed by atoms with E-state index in [1.165, 1.54) is 7.11 Å². The molecule has 6 nitrogen and oxygen atoms in total. The molecule has 1 aromatic carbocycles. The number of hydrogen-bond acceptors (Lipinski definition) is 3. The number of ether oxygens (including phenoxy) is 2. The number of benzene rings is 1. The largest absolute Gasteiger partial charge is 0.582 e. The lowest BCUT2D eigenvalue weighted by atomic mass is 10.0. The van der Waals surface area contributed by atoms with Crippen LogP contribution >= 0.6 is 0 Å². The van der Waals surface area contributed by atoms with Gasteiger partial charge in [0.1, 0.15) is 0 Å². The zero-order valence-electron chi connectivity index (χ0n) is 10.2. The van der Waals surface area contributed by atoms with Gasteiger partial charge in [-0.15, -0.1) is 0 Å². The third-order valence-corrected chi connectivity index (χ3v) is 2.50. The van der Waals surface area contributed by atoms with Gasteiger partial charge in [-0.25, -0.2) is 0 Å². The van der Waals surface area contributed by atoms with Crippen LogP contribution in [0.4, 0.5) is 0 Å². The van der Waals surface area contributed by atoms with Gasteiger partial charge in [0.05, 0.1) is 19.6 Å². The van der Waals surface area contributed by atoms with Crippen LogP contribution in [-0.2, 0) is 9.59 Å². The number of carboxylic acids is 1. The number of rotatable bonds is 7. The van der Waals surface area contributed by atoms with Gasteiger partial charge in [-0.3, -0.25) is 9.59 Å². The van der Waals surface area contributed by atoms with Crippen molar-refractivity contribution in [1.82, 2.24) is 5.32 Å². The molecule has 0 radical (unpaired) electrons. The maximum absolute atomic E-state index is 10.7. The van der Waals surface area contributed by atoms with E-state index in [1.807, 2.05) is 0 Å². The zero-order valence-corrected chi connectivity index (χ0v) is 10.2. The zero-order chi connectivity index (χ0) is 13.5. The summed E-state index contributed by atoms with van der Waals surface area (Å²) in [6.07, 6.45) is 0.294. The van der Waals surface area contributed by atoms with Gasteiger partial charge < -0.3 is 19.9 Å². The number of nitrogens with one attached hydrogen (secondary N) is 1. The third kappa shape index (κ3) is 3.38. The predicted molar refractivity (Wildman–Crippen MR) is 64.8 cm³/mol. The minimum absolute atomic E-state index is 0.190. The molecule has 0 bridgehead atoms. The Balaban J connectivity index is 3.04. The summed E-state index contributed by atoms with van der Waals surface area (Å²) in [7, 11) is 3.14. The Kier molecular flexibility index (Phi) is 4.98. The lowest BCUT2D eigenvalue weighted by Gasteiger charge is -2.15. The first-order valence-corrected chi connectivity index (χ1v) is 5.31. The van der Waals surface area contributed by atoms with Gasteiger partial charge in [-0.05, 0) is 17.7 Å². The lowest BCUT2D eigenvalue weighted by Crippen LogP contribution is -2.22. The second-order valence-electron chi connectivity index (χ2n) is 3.59. The Hall–Kier alpha value is -2.24. The number of carboxylic acid groups (broad SMARTS) is 1. The predicted octanol–water partition coefficient (Wildman–Crippen LogP) is 0.828. The van der Waals surface area contributed by atoms with Crippen molar-refractivity contribution in [3.05, 3.63) is 23.8 Å². The SMILES string of the molecule is COc1cc([C@H](CC(=O)O)NC=O)ccc1[OH+]C. The second-order valence-corrected chi connectivity index (χ2v) is 3.59. The Bertz CT molecular complexity index is 432. The summed E-state index contributed by atoms with van der Waals surface area (Å²) in [6, 6.07) is 4.52. The van der Waals surface area contributed by atoms with Gasteiger partial charge in [0.15, 0.2) is 7.11 Å². The smallest absolute Gasteiger partial charge is 0.305 e. The summed E-state index contributed by atoms with van der Waals surface area (Å²) >= 11 is 0. The van der Waals surface area contributed by atoms with E-state index in [-0.39, 0.29) is 6.42 Å². The fourth-order valence-electron chi connectivity index (χ4n) is 1.63. The van der Waals surface area contributed by atoms with Crippen molar-refractivity contribution in [2.45, 2.75) is 12.5 Å². The molecule has 6 heteroatoms. The maximum atomic E-state index is 10.7. The number of amides is 1. The maximum Gasteiger partial charge on any atom is 0.305 e. The van der Waals surface area contributed by atoms with Crippen molar-refractivity contribution in [1.29, 1.82) is 0 Å². The summed E-state index contributed by atoms with van der Waals surface area (Å²) in [4.78, 5) is 21.2. The molecule has 0 saturated carbocycles. The topological polar surface area (TPSA) is 88.4 Å². The number of methoxy groups -OCH3 is 1. The molecule has 0 spiro atoms. The van der Waals surface area contributed by atoms with E-state index < -0.39 is 12.0 Å². The number of carbonyl (C=O) groups excluding carboxylic acids is 1. The van der Waals surface area contributed by atoms with Gasteiger partial charge in [-0.1, -0.05) is 0 Å². The quantitative estimate of drug-likeness (QED) is 0.557. The molecule has 0 fully saturated rings. The highest BCUT2D eigenvalue weighted by atomic mass is 16.5. The Labute approximate surface area is 105 Å². The minimum Gasteiger partial charge on any atom is -0.582 e. The van der Waals surface area contributed by atoms with Gasteiger partial charge in [0, 0.05) is 6.07 Å². The highest BCUT2D eigenvalue weighted by molar-refractivity contribution is 5.68. The van der Waals surface area contributed by atoms with Crippen LogP contribution in [0.25, 0.3) is 0 Å². The Morgan fingerprint density at radius 3 is 2.83 bits per heavy atom. The minimum atomic E-state index is -0.988. The number of aliphatic hydroxyl groups is 1. The normalized spacial score (nSPS) is 11.4. The molecule has 18 heavy (non-hydrogen) atoms. The van der Waals surface area contributed by atoms with Crippen molar-refractivity contribution in [2.24, 2.45) is 0 Å². The first kappa shape index (κ1) is 13.8. The summed E-state index contributed by atoms with van der Waals surface area (Å²) in [5.74, 6) is 0.220. The molecular formula is C12H16NO5+. The van der Waals surface area contributed by atoms with Crippen LogP contribution in [0.2, 0.25) is 0 Å². The van der Waals surface area contributed by atoms with E-state index in [1.54, 1.807) is 25.3 Å². The van der Waals surface area contributed by atoms with E-state index in [4.69, 9.17) is 9.84 Å². The molecule has 0 aromatic heterocycles. The van der Waals surface area contributed by atoms with Gasteiger partial charge >= 0.3 is 5.97 Å². The molecule has 0 aliphatic carbocycles. The van der Waals surface area contributed by atoms with Gasteiger partial charge in [0.2, 0.25) is 12.2 Å². The number of carbonyl (C=O) groups is 2. The molecule has 0 unspecified atom stereocenters. The van der Waals surface area contributed by atoms with E-state index >= 15 is 0 Å². The van der Waals surface area contributed by atoms with Crippen LogP contribution in [-0.4, -0.2) is 36.4 Å². The molecule has 0 heterocycles. The van der Waals surface area contributed by atoms with Gasteiger partial charge in [-0.2, -0.15) is 0 Å². The standard InChI is InChI=1S/C12H15NO5/c1-17-10-4-3-8(5-11(10)18-2)9(13-7-14)6-12(15)16/h3-5,7,9H,6H2,1-2H3,(H,13,14)(H,15,16)/p+1/t9-/m0/s1. The number of hydrogen-bond donors (Lipinski definition) is 2. The number of aliphatic carboxylic acids is 1. The molecule has 0 saturated heterocycles. The third-order valence-electron chi connectivity index (χ3n) is 2.50. The fourth-order valence-corrected chi connectivity index (χ4v) is 1.63. The Morgan fingerprint density at radius 2 is 2.33 bits per heavy atom. The molecule has 0 aliphatic rings. The second kappa shape index (κ2) is 6.48. The summed E-state index contributed by atoms with van der Waals surface area (Å²) in [5.41, 5.74) is 0.661. The average molecular weight is 254 g/mol. The first-order valence-electron chi connectivity index (χ1n) is 5.31. The average Bonchev–Trinajstić information content (AvgIpc) is 2.37. The molecule has 1 amide bonds. The van der Waals surface area contributed by atoms with Crippen molar-refractivity contribution in [3.8, 4) is 11.5 Å².